The summed E-state index contributed by atoms with van der Waals surface area (Å²) in [6.45, 7) is -0.588. The van der Waals surface area contributed by atoms with Crippen LogP contribution < -0.4 is 4.90 Å². The van der Waals surface area contributed by atoms with Gasteiger partial charge in [-0.05, 0) is 42.7 Å². The minimum Gasteiger partial charge on any atom is -0.389 e. The second-order valence-corrected chi connectivity index (χ2v) is 11.5. The molecule has 1 fully saturated rings. The molecule has 16 heteroatoms. The maximum atomic E-state index is 14.1. The highest BCUT2D eigenvalue weighted by Gasteiger charge is 2.65. The van der Waals surface area contributed by atoms with E-state index in [0.29, 0.717) is 27.8 Å². The minimum atomic E-state index is -10.0. The first-order valence-electron chi connectivity index (χ1n) is 9.96. The molecule has 0 unspecified atom stereocenters. The second-order valence-electron chi connectivity index (χ2n) is 8.00. The van der Waals surface area contributed by atoms with Gasteiger partial charge in [-0.3, -0.25) is 0 Å². The van der Waals surface area contributed by atoms with Gasteiger partial charge in [-0.2, -0.15) is 13.2 Å². The largest absolute Gasteiger partial charge is 0.398 e. The van der Waals surface area contributed by atoms with Crippen molar-refractivity contribution in [3.05, 3.63) is 47.0 Å². The van der Waals surface area contributed by atoms with Crippen molar-refractivity contribution in [1.29, 1.82) is 0 Å². The molecule has 0 spiro atoms. The van der Waals surface area contributed by atoms with E-state index in [-0.39, 0.29) is 37.6 Å². The van der Waals surface area contributed by atoms with Crippen molar-refractivity contribution in [3.8, 4) is 10.7 Å². The number of aromatic nitrogens is 4. The number of aliphatic hydroxyl groups excluding tert-OH is 1. The van der Waals surface area contributed by atoms with Gasteiger partial charge in [0.15, 0.2) is 10.8 Å². The molecule has 1 aliphatic rings. The Hall–Kier alpha value is -2.59. The van der Waals surface area contributed by atoms with Crippen molar-refractivity contribution in [1.82, 2.24) is 20.4 Å². The lowest BCUT2D eigenvalue weighted by molar-refractivity contribution is -0.196. The van der Waals surface area contributed by atoms with Gasteiger partial charge in [-0.15, -0.1) is 20.4 Å². The van der Waals surface area contributed by atoms with Crippen LogP contribution in [-0.4, -0.2) is 44.8 Å². The number of alkyl halides is 3. The number of aliphatic hydroxyl groups is 1. The maximum Gasteiger partial charge on any atom is 0.398 e. The average molecular weight is 547 g/mol. The standard InChI is InChI=1S/C19H17F8N5OS2/c20-19(21,22)18(12-1-3-13(4-2-12)35(23,24,25,26)27)7-9-32(10-8-18)15-6-5-14(28-29-15)17-31-30-16(11-33)34-17/h1-6,33H,7-11H2. The third kappa shape index (κ3) is 5.04. The van der Waals surface area contributed by atoms with E-state index in [9.17, 15) is 32.6 Å². The van der Waals surface area contributed by atoms with Crippen LogP contribution in [0.15, 0.2) is 41.3 Å². The number of hydrogen-bond acceptors (Lipinski definition) is 7. The van der Waals surface area contributed by atoms with Gasteiger partial charge < -0.3 is 10.0 Å². The maximum absolute atomic E-state index is 14.1. The summed E-state index contributed by atoms with van der Waals surface area (Å²) in [6.07, 6.45) is -5.87. The Morgan fingerprint density at radius 2 is 1.51 bits per heavy atom. The number of rotatable bonds is 5. The molecule has 0 bridgehead atoms. The van der Waals surface area contributed by atoms with Crippen molar-refractivity contribution < 1.29 is 37.7 Å². The van der Waals surface area contributed by atoms with Crippen molar-refractivity contribution in [2.45, 2.75) is 35.9 Å². The number of hydrogen-bond donors (Lipinski definition) is 1. The molecule has 1 N–H and O–H groups in total. The molecule has 0 radical (unpaired) electrons. The number of piperidine rings is 1. The number of anilines is 1. The first-order valence-corrected chi connectivity index (χ1v) is 12.7. The number of halogens is 8. The molecule has 0 atom stereocenters. The molecule has 3 heterocycles. The van der Waals surface area contributed by atoms with Gasteiger partial charge in [0.25, 0.3) is 0 Å². The molecule has 1 aromatic carbocycles. The summed E-state index contributed by atoms with van der Waals surface area (Å²) >= 11 is 1.10. The van der Waals surface area contributed by atoms with Crippen LogP contribution in [0, 0.1) is 0 Å². The van der Waals surface area contributed by atoms with Gasteiger partial charge in [0.1, 0.15) is 15.6 Å². The van der Waals surface area contributed by atoms with Crippen LogP contribution in [0.1, 0.15) is 23.4 Å². The highest BCUT2D eigenvalue weighted by molar-refractivity contribution is 8.45. The van der Waals surface area contributed by atoms with Gasteiger partial charge >= 0.3 is 16.4 Å². The Kier molecular flexibility index (Phi) is 5.61. The lowest BCUT2D eigenvalue weighted by Gasteiger charge is -2.44. The summed E-state index contributed by atoms with van der Waals surface area (Å²) in [6, 6.07) is 4.06. The molecule has 6 nitrogen and oxygen atoms in total. The molecule has 3 aromatic rings. The van der Waals surface area contributed by atoms with E-state index in [1.165, 1.54) is 6.07 Å². The minimum absolute atomic E-state index is 0.0105. The first kappa shape index (κ1) is 25.5. The van der Waals surface area contributed by atoms with Crippen LogP contribution in [0.25, 0.3) is 10.7 Å². The van der Waals surface area contributed by atoms with Crippen molar-refractivity contribution in [3.63, 3.8) is 0 Å². The summed E-state index contributed by atoms with van der Waals surface area (Å²) in [7, 11) is -10.0. The molecule has 192 valence electrons. The van der Waals surface area contributed by atoms with Gasteiger partial charge in [-0.25, -0.2) is 0 Å². The number of nitrogens with zero attached hydrogens (tertiary/aromatic N) is 5. The zero-order chi connectivity index (χ0) is 25.8. The molecule has 1 saturated heterocycles. The van der Waals surface area contributed by atoms with Crippen LogP contribution in [-0.2, 0) is 12.0 Å². The van der Waals surface area contributed by atoms with Crippen LogP contribution >= 0.6 is 21.6 Å². The van der Waals surface area contributed by atoms with Crippen LogP contribution in [0.4, 0.5) is 38.4 Å². The molecule has 0 saturated carbocycles. The fourth-order valence-corrected chi connectivity index (χ4v) is 5.23. The summed E-state index contributed by atoms with van der Waals surface area (Å²) in [5.74, 6) is 0.285. The molecule has 0 aliphatic carbocycles. The first-order chi connectivity index (χ1) is 16.0. The number of benzene rings is 1. The Labute approximate surface area is 197 Å². The smallest absolute Gasteiger partial charge is 0.389 e. The Morgan fingerprint density at radius 3 is 1.97 bits per heavy atom. The van der Waals surface area contributed by atoms with E-state index in [1.807, 2.05) is 0 Å². The predicted molar refractivity (Wildman–Crippen MR) is 114 cm³/mol. The van der Waals surface area contributed by atoms with Crippen LogP contribution in [0.5, 0.6) is 0 Å². The highest BCUT2D eigenvalue weighted by atomic mass is 32.5. The van der Waals surface area contributed by atoms with Gasteiger partial charge in [0.05, 0.1) is 12.0 Å². The third-order valence-electron chi connectivity index (χ3n) is 5.81. The SMILES string of the molecule is OCc1nnc(-c2ccc(N3CCC(c4ccc(S(F)(F)(F)(F)F)cc4)(C(F)(F)F)CC3)nn2)s1. The van der Waals surface area contributed by atoms with Gasteiger partial charge in [0.2, 0.25) is 0 Å². The van der Waals surface area contributed by atoms with E-state index in [0.717, 1.165) is 11.3 Å². The third-order valence-corrected chi connectivity index (χ3v) is 7.90. The Bertz CT molecular complexity index is 1210. The molecular formula is C19H17F8N5OS2. The fraction of sp³-hybridized carbons (Fsp3) is 0.368. The topological polar surface area (TPSA) is 75.0 Å². The highest BCUT2D eigenvalue weighted by Crippen LogP contribution is 3.02. The van der Waals surface area contributed by atoms with E-state index >= 15 is 0 Å². The zero-order valence-electron chi connectivity index (χ0n) is 17.5. The quantitative estimate of drug-likeness (QED) is 0.381. The predicted octanol–water partition coefficient (Wildman–Crippen LogP) is 6.25. The summed E-state index contributed by atoms with van der Waals surface area (Å²) in [5.41, 5.74) is -2.65. The Morgan fingerprint density at radius 1 is 0.886 bits per heavy atom. The molecule has 2 aromatic heterocycles. The molecular weight excluding hydrogens is 530 g/mol. The van der Waals surface area contributed by atoms with Crippen LogP contribution in [0.3, 0.4) is 0 Å². The Balaban J connectivity index is 1.55. The van der Waals surface area contributed by atoms with Crippen molar-refractivity contribution in [2.75, 3.05) is 18.0 Å². The second kappa shape index (κ2) is 7.70. The van der Waals surface area contributed by atoms with E-state index in [4.69, 9.17) is 5.11 Å². The summed E-state index contributed by atoms with van der Waals surface area (Å²) in [5, 5.41) is 25.5. The molecule has 4 rings (SSSR count). The molecule has 1 aliphatic heterocycles. The fourth-order valence-electron chi connectivity index (χ4n) is 3.91. The average Bonchev–Trinajstić information content (AvgIpc) is 3.27. The van der Waals surface area contributed by atoms with Gasteiger partial charge in [-0.1, -0.05) is 42.9 Å². The monoisotopic (exact) mass is 547 g/mol. The van der Waals surface area contributed by atoms with E-state index in [2.05, 4.69) is 20.4 Å². The summed E-state index contributed by atoms with van der Waals surface area (Å²) < 4.78 is 107. The zero-order valence-corrected chi connectivity index (χ0v) is 19.2. The lowest BCUT2D eigenvalue weighted by Crippen LogP contribution is -2.51. The van der Waals surface area contributed by atoms with Crippen molar-refractivity contribution in [2.24, 2.45) is 0 Å². The van der Waals surface area contributed by atoms with E-state index < -0.39 is 45.1 Å². The van der Waals surface area contributed by atoms with E-state index in [1.54, 1.807) is 11.0 Å². The van der Waals surface area contributed by atoms with Crippen LogP contribution in [0.2, 0.25) is 0 Å². The summed E-state index contributed by atoms with van der Waals surface area (Å²) in [4.78, 5) is -0.691. The molecule has 35 heavy (non-hydrogen) atoms. The lowest BCUT2D eigenvalue weighted by atomic mass is 9.72. The molecule has 0 amide bonds. The van der Waals surface area contributed by atoms with Gasteiger partial charge in [0, 0.05) is 13.1 Å². The van der Waals surface area contributed by atoms with Crippen molar-refractivity contribution >= 4 is 27.4 Å². The normalized spacial score (nSPS) is 18.7.